The summed E-state index contributed by atoms with van der Waals surface area (Å²) >= 11 is 5.95. The minimum Gasteiger partial charge on any atom is -0.392 e. The molecule has 2 rings (SSSR count). The van der Waals surface area contributed by atoms with Crippen molar-refractivity contribution in [1.82, 2.24) is 9.80 Å². The van der Waals surface area contributed by atoms with Gasteiger partial charge in [0.1, 0.15) is 5.82 Å². The lowest BCUT2D eigenvalue weighted by molar-refractivity contribution is -0.132. The van der Waals surface area contributed by atoms with E-state index in [9.17, 15) is 14.3 Å². The number of hydrogen-bond acceptors (Lipinski definition) is 3. The maximum Gasteiger partial charge on any atom is 0.227 e. The molecule has 4 nitrogen and oxygen atoms in total. The van der Waals surface area contributed by atoms with Gasteiger partial charge in [0.05, 0.1) is 12.5 Å². The molecule has 1 aliphatic heterocycles. The van der Waals surface area contributed by atoms with E-state index >= 15 is 0 Å². The van der Waals surface area contributed by atoms with Crippen LogP contribution in [-0.2, 0) is 11.2 Å². The van der Waals surface area contributed by atoms with Gasteiger partial charge in [0, 0.05) is 37.7 Å². The average molecular weight is 315 g/mol. The van der Waals surface area contributed by atoms with E-state index in [1.165, 1.54) is 12.1 Å². The van der Waals surface area contributed by atoms with E-state index in [-0.39, 0.29) is 23.5 Å². The van der Waals surface area contributed by atoms with Crippen LogP contribution >= 0.6 is 11.6 Å². The van der Waals surface area contributed by atoms with E-state index in [0.29, 0.717) is 25.2 Å². The fraction of sp³-hybridized carbons (Fsp3) is 0.533. The van der Waals surface area contributed by atoms with Crippen LogP contribution < -0.4 is 0 Å². The maximum absolute atomic E-state index is 13.0. The van der Waals surface area contributed by atoms with Crippen molar-refractivity contribution >= 4 is 17.5 Å². The molecule has 1 aromatic rings. The molecule has 1 aliphatic rings. The van der Waals surface area contributed by atoms with Crippen molar-refractivity contribution < 1.29 is 14.3 Å². The van der Waals surface area contributed by atoms with E-state index in [0.717, 1.165) is 13.1 Å². The number of carbonyl (C=O) groups excluding carboxylic acids is 1. The molecule has 6 heteroatoms. The van der Waals surface area contributed by atoms with Gasteiger partial charge in [-0.3, -0.25) is 9.69 Å². The number of aliphatic hydroxyl groups is 1. The van der Waals surface area contributed by atoms with Crippen LogP contribution in [-0.4, -0.2) is 59.6 Å². The first kappa shape index (κ1) is 16.2. The smallest absolute Gasteiger partial charge is 0.227 e. The second-order valence-corrected chi connectivity index (χ2v) is 5.85. The Morgan fingerprint density at radius 2 is 2.05 bits per heavy atom. The van der Waals surface area contributed by atoms with Gasteiger partial charge >= 0.3 is 0 Å². The summed E-state index contributed by atoms with van der Waals surface area (Å²) in [6.45, 7) is 5.19. The van der Waals surface area contributed by atoms with Crippen LogP contribution in [0.5, 0.6) is 0 Å². The van der Waals surface area contributed by atoms with Gasteiger partial charge in [-0.1, -0.05) is 17.7 Å². The fourth-order valence-corrected chi connectivity index (χ4v) is 2.73. The molecule has 21 heavy (non-hydrogen) atoms. The van der Waals surface area contributed by atoms with Gasteiger partial charge in [-0.15, -0.1) is 0 Å². The van der Waals surface area contributed by atoms with Crippen LogP contribution in [0.3, 0.4) is 0 Å². The molecule has 1 N–H and O–H groups in total. The van der Waals surface area contributed by atoms with E-state index in [1.807, 2.05) is 0 Å². The van der Waals surface area contributed by atoms with E-state index in [1.54, 1.807) is 17.9 Å². The van der Waals surface area contributed by atoms with Crippen molar-refractivity contribution in [2.75, 3.05) is 32.7 Å². The molecule has 0 bridgehead atoms. The standard InChI is InChI=1S/C15H20ClFN2O2/c1-11(20)10-18-4-6-19(7-5-18)15(21)8-12-2-3-13(17)9-14(12)16/h2-3,9,11,20H,4-8,10H2,1H3. The number of halogens is 2. The molecule has 1 aromatic carbocycles. The summed E-state index contributed by atoms with van der Waals surface area (Å²) in [5.41, 5.74) is 0.648. The average Bonchev–Trinajstić information content (AvgIpc) is 2.42. The number of piperazine rings is 1. The van der Waals surface area contributed by atoms with E-state index in [2.05, 4.69) is 4.90 Å². The van der Waals surface area contributed by atoms with E-state index in [4.69, 9.17) is 11.6 Å². The lowest BCUT2D eigenvalue weighted by atomic mass is 10.1. The number of amides is 1. The molecule has 116 valence electrons. The molecule has 1 fully saturated rings. The second-order valence-electron chi connectivity index (χ2n) is 5.44. The zero-order valence-corrected chi connectivity index (χ0v) is 12.8. The molecule has 1 amide bonds. The zero-order valence-electron chi connectivity index (χ0n) is 12.1. The molecule has 1 unspecified atom stereocenters. The summed E-state index contributed by atoms with van der Waals surface area (Å²) in [4.78, 5) is 16.2. The summed E-state index contributed by atoms with van der Waals surface area (Å²) in [5, 5.41) is 9.65. The number of β-amino-alcohol motifs (C(OH)–C–C–N with tert-alkyl or cyclic N) is 1. The third kappa shape index (κ3) is 4.66. The number of carbonyl (C=O) groups is 1. The molecule has 1 saturated heterocycles. The Hall–Kier alpha value is -1.17. The summed E-state index contributed by atoms with van der Waals surface area (Å²) in [7, 11) is 0. The van der Waals surface area contributed by atoms with Gasteiger partial charge in [0.25, 0.3) is 0 Å². The van der Waals surface area contributed by atoms with Gasteiger partial charge in [-0.25, -0.2) is 4.39 Å². The first-order valence-electron chi connectivity index (χ1n) is 7.08. The van der Waals surface area contributed by atoms with Gasteiger partial charge in [0.15, 0.2) is 0 Å². The van der Waals surface area contributed by atoms with Crippen LogP contribution in [0.15, 0.2) is 18.2 Å². The van der Waals surface area contributed by atoms with E-state index < -0.39 is 5.82 Å². The number of benzene rings is 1. The van der Waals surface area contributed by atoms with Crippen LogP contribution in [0.25, 0.3) is 0 Å². The predicted molar refractivity (Wildman–Crippen MR) is 79.8 cm³/mol. The number of hydrogen-bond donors (Lipinski definition) is 1. The molecular weight excluding hydrogens is 295 g/mol. The number of nitrogens with zero attached hydrogens (tertiary/aromatic N) is 2. The highest BCUT2D eigenvalue weighted by atomic mass is 35.5. The Balaban J connectivity index is 1.87. The summed E-state index contributed by atoms with van der Waals surface area (Å²) in [6.07, 6.45) is -0.166. The van der Waals surface area contributed by atoms with Gasteiger partial charge in [-0.2, -0.15) is 0 Å². The molecule has 1 heterocycles. The highest BCUT2D eigenvalue weighted by Gasteiger charge is 2.22. The topological polar surface area (TPSA) is 43.8 Å². The minimum atomic E-state index is -0.400. The van der Waals surface area contributed by atoms with Gasteiger partial charge in [-0.05, 0) is 24.6 Å². The zero-order chi connectivity index (χ0) is 15.4. The van der Waals surface area contributed by atoms with Gasteiger partial charge in [0.2, 0.25) is 5.91 Å². The molecule has 1 atom stereocenters. The highest BCUT2D eigenvalue weighted by molar-refractivity contribution is 6.31. The van der Waals surface area contributed by atoms with Crippen molar-refractivity contribution in [3.8, 4) is 0 Å². The summed E-state index contributed by atoms with van der Waals surface area (Å²) in [6, 6.07) is 4.10. The monoisotopic (exact) mass is 314 g/mol. The summed E-state index contributed by atoms with van der Waals surface area (Å²) in [5.74, 6) is -0.400. The normalized spacial score (nSPS) is 17.8. The van der Waals surface area contributed by atoms with Crippen molar-refractivity contribution in [3.63, 3.8) is 0 Å². The van der Waals surface area contributed by atoms with Crippen LogP contribution in [0.1, 0.15) is 12.5 Å². The van der Waals surface area contributed by atoms with Crippen molar-refractivity contribution in [2.24, 2.45) is 0 Å². The highest BCUT2D eigenvalue weighted by Crippen LogP contribution is 2.18. The lowest BCUT2D eigenvalue weighted by Crippen LogP contribution is -2.50. The molecule has 0 saturated carbocycles. The fourth-order valence-electron chi connectivity index (χ4n) is 2.49. The first-order valence-corrected chi connectivity index (χ1v) is 7.45. The Morgan fingerprint density at radius 1 is 1.38 bits per heavy atom. The quantitative estimate of drug-likeness (QED) is 0.917. The number of aliphatic hydroxyl groups excluding tert-OH is 1. The van der Waals surface area contributed by atoms with Crippen molar-refractivity contribution in [1.29, 1.82) is 0 Å². The SMILES string of the molecule is CC(O)CN1CCN(C(=O)Cc2ccc(F)cc2Cl)CC1. The van der Waals surface area contributed by atoms with Crippen LogP contribution in [0.2, 0.25) is 5.02 Å². The summed E-state index contributed by atoms with van der Waals surface area (Å²) < 4.78 is 13.0. The van der Waals surface area contributed by atoms with Crippen LogP contribution in [0.4, 0.5) is 4.39 Å². The Labute approximate surface area is 129 Å². The molecule has 0 radical (unpaired) electrons. The minimum absolute atomic E-state index is 0.000190. The van der Waals surface area contributed by atoms with Gasteiger partial charge < -0.3 is 10.0 Å². The Kier molecular flexibility index (Phi) is 5.56. The van der Waals surface area contributed by atoms with Crippen molar-refractivity contribution in [2.45, 2.75) is 19.4 Å². The number of rotatable bonds is 4. The second kappa shape index (κ2) is 7.20. The molecule has 0 aromatic heterocycles. The predicted octanol–water partition coefficient (Wildman–Crippen LogP) is 1.55. The largest absolute Gasteiger partial charge is 0.392 e. The third-order valence-electron chi connectivity index (χ3n) is 3.60. The molecule has 0 aliphatic carbocycles. The Bertz CT molecular complexity index is 502. The maximum atomic E-state index is 13.0. The van der Waals surface area contributed by atoms with Crippen molar-refractivity contribution in [3.05, 3.63) is 34.6 Å². The van der Waals surface area contributed by atoms with Crippen LogP contribution in [0, 0.1) is 5.82 Å². The first-order chi connectivity index (χ1) is 9.95. The Morgan fingerprint density at radius 3 is 2.62 bits per heavy atom. The molecule has 0 spiro atoms. The lowest BCUT2D eigenvalue weighted by Gasteiger charge is -2.35. The third-order valence-corrected chi connectivity index (χ3v) is 3.96. The molecular formula is C15H20ClFN2O2.